The third-order valence-corrected chi connectivity index (χ3v) is 5.89. The molecule has 0 saturated heterocycles. The van der Waals surface area contributed by atoms with Gasteiger partial charge in [-0.3, -0.25) is 4.79 Å². The lowest BCUT2D eigenvalue weighted by Gasteiger charge is -2.23. The molecule has 1 unspecified atom stereocenters. The van der Waals surface area contributed by atoms with Gasteiger partial charge < -0.3 is 15.2 Å². The van der Waals surface area contributed by atoms with Crippen molar-refractivity contribution < 1.29 is 19.4 Å². The zero-order valence-corrected chi connectivity index (χ0v) is 18.9. The molecule has 0 aliphatic heterocycles. The summed E-state index contributed by atoms with van der Waals surface area (Å²) in [5.41, 5.74) is 1.58. The summed E-state index contributed by atoms with van der Waals surface area (Å²) in [6.45, 7) is 5.72. The van der Waals surface area contributed by atoms with Crippen LogP contribution in [0.5, 0.6) is 5.75 Å². The van der Waals surface area contributed by atoms with Gasteiger partial charge in [-0.2, -0.15) is 0 Å². The normalized spacial score (nSPS) is 13.8. The maximum Gasteiger partial charge on any atom is 0.326 e. The first-order chi connectivity index (χ1) is 15.4. The number of carboxylic acids is 1. The maximum absolute atomic E-state index is 13.2. The lowest BCUT2D eigenvalue weighted by atomic mass is 9.98. The van der Waals surface area contributed by atoms with Gasteiger partial charge in [0.05, 0.1) is 11.7 Å². The summed E-state index contributed by atoms with van der Waals surface area (Å²) in [6, 6.07) is 20.6. The largest absolute Gasteiger partial charge is 0.489 e. The molecule has 168 valence electrons. The quantitative estimate of drug-likeness (QED) is 0.445. The Morgan fingerprint density at radius 1 is 0.969 bits per heavy atom. The van der Waals surface area contributed by atoms with Crippen LogP contribution in [0.15, 0.2) is 66.7 Å². The standard InChI is InChI=1S/C27H31NO4/c1-4-18(2)24(27(30)31)28-26(29)23-17-16-21-12-8-9-13-22(21)25(23)32-19(3)14-15-20-10-6-5-7-11-20/h5-13,16-19,24H,4,14-15H2,1-3H3,(H,28,29)(H,30,31)/t18-,19?,24-/m0/s1. The Hall–Kier alpha value is -3.34. The molecular weight excluding hydrogens is 402 g/mol. The minimum atomic E-state index is -1.04. The first-order valence-electron chi connectivity index (χ1n) is 11.2. The number of fused-ring (bicyclic) bond motifs is 1. The Bertz CT molecular complexity index is 1060. The average molecular weight is 434 g/mol. The van der Waals surface area contributed by atoms with Crippen LogP contribution in [0.25, 0.3) is 10.8 Å². The zero-order valence-electron chi connectivity index (χ0n) is 18.9. The molecule has 3 atom stereocenters. The molecule has 5 heteroatoms. The summed E-state index contributed by atoms with van der Waals surface area (Å²) in [5.74, 6) is -1.17. The van der Waals surface area contributed by atoms with E-state index < -0.39 is 17.9 Å². The zero-order chi connectivity index (χ0) is 23.1. The molecule has 0 bridgehead atoms. The van der Waals surface area contributed by atoms with Crippen molar-refractivity contribution in [3.05, 3.63) is 77.9 Å². The molecule has 0 radical (unpaired) electrons. The Morgan fingerprint density at radius 2 is 1.66 bits per heavy atom. The summed E-state index contributed by atoms with van der Waals surface area (Å²) in [5, 5.41) is 14.1. The van der Waals surface area contributed by atoms with Gasteiger partial charge >= 0.3 is 5.97 Å². The summed E-state index contributed by atoms with van der Waals surface area (Å²) in [4.78, 5) is 24.9. The molecule has 0 heterocycles. The number of nitrogens with one attached hydrogen (secondary N) is 1. The van der Waals surface area contributed by atoms with Crippen LogP contribution in [0.4, 0.5) is 0 Å². The maximum atomic E-state index is 13.2. The number of carbonyl (C=O) groups is 2. The van der Waals surface area contributed by atoms with E-state index in [1.54, 1.807) is 6.07 Å². The second-order valence-corrected chi connectivity index (χ2v) is 8.29. The first-order valence-corrected chi connectivity index (χ1v) is 11.2. The van der Waals surface area contributed by atoms with Crippen LogP contribution in [0.2, 0.25) is 0 Å². The third kappa shape index (κ3) is 5.67. The molecule has 0 saturated carbocycles. The van der Waals surface area contributed by atoms with E-state index in [1.807, 2.05) is 69.3 Å². The molecule has 0 spiro atoms. The number of ether oxygens (including phenoxy) is 1. The highest BCUT2D eigenvalue weighted by Crippen LogP contribution is 2.31. The number of amides is 1. The van der Waals surface area contributed by atoms with Crippen LogP contribution >= 0.6 is 0 Å². The summed E-state index contributed by atoms with van der Waals surface area (Å²) in [7, 11) is 0. The second-order valence-electron chi connectivity index (χ2n) is 8.29. The second kappa shape index (κ2) is 10.8. The number of carboxylic acid groups (broad SMARTS) is 1. The van der Waals surface area contributed by atoms with E-state index in [9.17, 15) is 14.7 Å². The van der Waals surface area contributed by atoms with Crippen molar-refractivity contribution >= 4 is 22.6 Å². The lowest BCUT2D eigenvalue weighted by molar-refractivity contribution is -0.140. The molecule has 3 aromatic carbocycles. The summed E-state index contributed by atoms with van der Waals surface area (Å²) >= 11 is 0. The number of carbonyl (C=O) groups excluding carboxylic acids is 1. The van der Waals surface area contributed by atoms with Crippen LogP contribution < -0.4 is 10.1 Å². The van der Waals surface area contributed by atoms with Gasteiger partial charge in [-0.25, -0.2) is 4.79 Å². The van der Waals surface area contributed by atoms with E-state index in [2.05, 4.69) is 17.4 Å². The Labute approximate surface area is 189 Å². The van der Waals surface area contributed by atoms with Crippen LogP contribution in [0, 0.1) is 5.92 Å². The number of benzene rings is 3. The average Bonchev–Trinajstić information content (AvgIpc) is 2.81. The van der Waals surface area contributed by atoms with Crippen LogP contribution in [-0.4, -0.2) is 29.1 Å². The van der Waals surface area contributed by atoms with Crippen LogP contribution in [0.1, 0.15) is 49.5 Å². The molecule has 32 heavy (non-hydrogen) atoms. The van der Waals surface area contributed by atoms with E-state index >= 15 is 0 Å². The Balaban J connectivity index is 1.87. The molecule has 0 aliphatic rings. The van der Waals surface area contributed by atoms with E-state index in [-0.39, 0.29) is 12.0 Å². The Morgan fingerprint density at radius 3 is 2.34 bits per heavy atom. The number of hydrogen-bond acceptors (Lipinski definition) is 3. The van der Waals surface area contributed by atoms with Crippen LogP contribution in [-0.2, 0) is 11.2 Å². The van der Waals surface area contributed by atoms with Gasteiger partial charge in [0, 0.05) is 5.39 Å². The van der Waals surface area contributed by atoms with Gasteiger partial charge in [0.2, 0.25) is 0 Å². The number of rotatable bonds is 10. The van der Waals surface area contributed by atoms with Crippen molar-refractivity contribution in [2.75, 3.05) is 0 Å². The van der Waals surface area contributed by atoms with E-state index in [0.29, 0.717) is 17.7 Å². The molecule has 2 N–H and O–H groups in total. The lowest BCUT2D eigenvalue weighted by Crippen LogP contribution is -2.45. The smallest absolute Gasteiger partial charge is 0.326 e. The van der Waals surface area contributed by atoms with Crippen molar-refractivity contribution in [1.29, 1.82) is 0 Å². The van der Waals surface area contributed by atoms with Crippen molar-refractivity contribution in [3.63, 3.8) is 0 Å². The highest BCUT2D eigenvalue weighted by molar-refractivity contribution is 6.04. The van der Waals surface area contributed by atoms with E-state index in [1.165, 1.54) is 5.56 Å². The molecule has 1 amide bonds. The van der Waals surface area contributed by atoms with Gasteiger partial charge in [-0.1, -0.05) is 80.9 Å². The fraction of sp³-hybridized carbons (Fsp3) is 0.333. The Kier molecular flexibility index (Phi) is 7.87. The first kappa shape index (κ1) is 23.3. The van der Waals surface area contributed by atoms with Gasteiger partial charge in [0.25, 0.3) is 5.91 Å². The molecular formula is C27H31NO4. The van der Waals surface area contributed by atoms with Gasteiger partial charge in [-0.15, -0.1) is 0 Å². The molecule has 0 aromatic heterocycles. The molecule has 3 aromatic rings. The molecule has 0 fully saturated rings. The molecule has 0 aliphatic carbocycles. The monoisotopic (exact) mass is 433 g/mol. The fourth-order valence-electron chi connectivity index (χ4n) is 3.73. The fourth-order valence-corrected chi connectivity index (χ4v) is 3.73. The third-order valence-electron chi connectivity index (χ3n) is 5.89. The number of aryl methyl sites for hydroxylation is 1. The van der Waals surface area contributed by atoms with Gasteiger partial charge in [0.1, 0.15) is 11.8 Å². The highest BCUT2D eigenvalue weighted by atomic mass is 16.5. The highest BCUT2D eigenvalue weighted by Gasteiger charge is 2.27. The molecule has 5 nitrogen and oxygen atoms in total. The summed E-state index contributed by atoms with van der Waals surface area (Å²) < 4.78 is 6.32. The van der Waals surface area contributed by atoms with Gasteiger partial charge in [-0.05, 0) is 42.7 Å². The molecule has 3 rings (SSSR count). The van der Waals surface area contributed by atoms with Crippen molar-refractivity contribution in [3.8, 4) is 5.75 Å². The van der Waals surface area contributed by atoms with Gasteiger partial charge in [0.15, 0.2) is 0 Å². The summed E-state index contributed by atoms with van der Waals surface area (Å²) in [6.07, 6.45) is 2.18. The van der Waals surface area contributed by atoms with Crippen molar-refractivity contribution in [2.24, 2.45) is 5.92 Å². The SMILES string of the molecule is CC[C@H](C)[C@H](NC(=O)c1ccc2ccccc2c1OC(C)CCc1ccccc1)C(=O)O. The number of aliphatic carboxylic acids is 1. The van der Waals surface area contributed by atoms with Crippen molar-refractivity contribution in [1.82, 2.24) is 5.32 Å². The minimum Gasteiger partial charge on any atom is -0.489 e. The van der Waals surface area contributed by atoms with E-state index in [4.69, 9.17) is 4.74 Å². The predicted molar refractivity (Wildman–Crippen MR) is 127 cm³/mol. The topological polar surface area (TPSA) is 75.6 Å². The van der Waals surface area contributed by atoms with Crippen molar-refractivity contribution in [2.45, 2.75) is 52.2 Å². The van der Waals surface area contributed by atoms with Crippen LogP contribution in [0.3, 0.4) is 0 Å². The predicted octanol–water partition coefficient (Wildman–Crippen LogP) is 5.47. The van der Waals surface area contributed by atoms with E-state index in [0.717, 1.165) is 23.6 Å². The minimum absolute atomic E-state index is 0.127. The number of hydrogen-bond donors (Lipinski definition) is 2.